The predicted molar refractivity (Wildman–Crippen MR) is 135 cm³/mol. The number of aryl methyl sites for hydroxylation is 2. The van der Waals surface area contributed by atoms with E-state index in [1.54, 1.807) is 18.2 Å². The maximum Gasteiger partial charge on any atom is 0.332 e. The number of nitrogens with zero attached hydrogens (tertiary/aromatic N) is 2. The summed E-state index contributed by atoms with van der Waals surface area (Å²) in [4.78, 5) is 39.7. The molecule has 0 aliphatic heterocycles. The highest BCUT2D eigenvalue weighted by Gasteiger charge is 2.21. The summed E-state index contributed by atoms with van der Waals surface area (Å²) in [6, 6.07) is 24.6. The highest BCUT2D eigenvalue weighted by molar-refractivity contribution is 6.02. The van der Waals surface area contributed by atoms with Gasteiger partial charge in [0.25, 0.3) is 5.56 Å². The number of hydrogen-bond acceptors (Lipinski definition) is 4. The largest absolute Gasteiger partial charge is 0.449 e. The molecule has 3 aromatic carbocycles. The van der Waals surface area contributed by atoms with E-state index in [1.807, 2.05) is 67.6 Å². The average molecular weight is 468 g/mol. The molecule has 0 aliphatic carbocycles. The van der Waals surface area contributed by atoms with E-state index >= 15 is 0 Å². The Labute approximate surface area is 201 Å². The Balaban J connectivity index is 1.52. The van der Waals surface area contributed by atoms with Crippen molar-refractivity contribution in [3.63, 3.8) is 0 Å². The van der Waals surface area contributed by atoms with Crippen molar-refractivity contribution in [1.82, 2.24) is 14.5 Å². The van der Waals surface area contributed by atoms with Crippen molar-refractivity contribution in [2.75, 3.05) is 0 Å². The number of para-hydroxylation sites is 1. The van der Waals surface area contributed by atoms with Gasteiger partial charge in [0.15, 0.2) is 0 Å². The number of fused-ring (bicyclic) bond motifs is 3. The van der Waals surface area contributed by atoms with Gasteiger partial charge in [-0.05, 0) is 36.6 Å². The summed E-state index contributed by atoms with van der Waals surface area (Å²) >= 11 is 0. The maximum absolute atomic E-state index is 13.5. The number of benzene rings is 3. The first-order valence-electron chi connectivity index (χ1n) is 11.5. The first-order chi connectivity index (χ1) is 17.0. The Bertz CT molecular complexity index is 1630. The minimum Gasteiger partial charge on any atom is -0.449 e. The Hall–Kier alpha value is -4.39. The SMILES string of the molecule is Cc1ccc(CNC(=O)Cn2c(=O)n(CCc3ccccc3)c(=O)c3oc4ccccc4c32)cc1. The van der Waals surface area contributed by atoms with E-state index in [2.05, 4.69) is 5.32 Å². The molecule has 176 valence electrons. The summed E-state index contributed by atoms with van der Waals surface area (Å²) in [5.74, 6) is -0.326. The number of furan rings is 1. The van der Waals surface area contributed by atoms with Crippen LogP contribution in [0.15, 0.2) is 92.9 Å². The third-order valence-corrected chi connectivity index (χ3v) is 6.12. The molecule has 0 atom stereocenters. The number of carbonyl (C=O) groups excluding carboxylic acids is 1. The lowest BCUT2D eigenvalue weighted by molar-refractivity contribution is -0.121. The molecule has 0 bridgehead atoms. The lowest BCUT2D eigenvalue weighted by Crippen LogP contribution is -2.42. The fourth-order valence-corrected chi connectivity index (χ4v) is 4.23. The van der Waals surface area contributed by atoms with Crippen LogP contribution in [0.5, 0.6) is 0 Å². The summed E-state index contributed by atoms with van der Waals surface area (Å²) in [6.07, 6.45) is 0.501. The van der Waals surface area contributed by atoms with Gasteiger partial charge < -0.3 is 9.73 Å². The van der Waals surface area contributed by atoms with E-state index in [-0.39, 0.29) is 24.6 Å². The highest BCUT2D eigenvalue weighted by atomic mass is 16.3. The van der Waals surface area contributed by atoms with Crippen molar-refractivity contribution in [2.24, 2.45) is 0 Å². The molecule has 0 unspecified atom stereocenters. The monoisotopic (exact) mass is 467 g/mol. The molecule has 1 amide bonds. The molecule has 7 nitrogen and oxygen atoms in total. The molecule has 35 heavy (non-hydrogen) atoms. The first-order valence-corrected chi connectivity index (χ1v) is 11.5. The number of rotatable bonds is 7. The molecule has 0 aliphatic rings. The highest BCUT2D eigenvalue weighted by Crippen LogP contribution is 2.25. The fraction of sp³-hybridized carbons (Fsp3) is 0.179. The number of nitrogens with one attached hydrogen (secondary N) is 1. The molecule has 7 heteroatoms. The predicted octanol–water partition coefficient (Wildman–Crippen LogP) is 3.78. The van der Waals surface area contributed by atoms with Gasteiger partial charge >= 0.3 is 5.69 Å². The molecule has 0 saturated carbocycles. The van der Waals surface area contributed by atoms with Crippen LogP contribution in [-0.4, -0.2) is 15.0 Å². The summed E-state index contributed by atoms with van der Waals surface area (Å²) in [6.45, 7) is 2.30. The van der Waals surface area contributed by atoms with Crippen molar-refractivity contribution >= 4 is 28.0 Å². The van der Waals surface area contributed by atoms with E-state index in [9.17, 15) is 14.4 Å². The smallest absolute Gasteiger partial charge is 0.332 e. The van der Waals surface area contributed by atoms with Crippen LogP contribution in [0.1, 0.15) is 16.7 Å². The molecule has 1 N–H and O–H groups in total. The zero-order valence-corrected chi connectivity index (χ0v) is 19.4. The minimum absolute atomic E-state index is 0.0743. The zero-order valence-electron chi connectivity index (χ0n) is 19.4. The molecule has 0 saturated heterocycles. The van der Waals surface area contributed by atoms with Crippen molar-refractivity contribution in [3.05, 3.63) is 116 Å². The van der Waals surface area contributed by atoms with Crippen LogP contribution in [0.2, 0.25) is 0 Å². The van der Waals surface area contributed by atoms with Gasteiger partial charge in [-0.2, -0.15) is 0 Å². The molecule has 0 fully saturated rings. The van der Waals surface area contributed by atoms with Gasteiger partial charge in [0.2, 0.25) is 11.5 Å². The number of hydrogen-bond donors (Lipinski definition) is 1. The topological polar surface area (TPSA) is 86.2 Å². The lowest BCUT2D eigenvalue weighted by atomic mass is 10.1. The van der Waals surface area contributed by atoms with Gasteiger partial charge in [-0.25, -0.2) is 4.79 Å². The van der Waals surface area contributed by atoms with Gasteiger partial charge in [-0.3, -0.25) is 18.7 Å². The molecule has 2 aromatic heterocycles. The normalized spacial score (nSPS) is 11.2. The first kappa shape index (κ1) is 22.4. The van der Waals surface area contributed by atoms with Crippen LogP contribution < -0.4 is 16.6 Å². The quantitative estimate of drug-likeness (QED) is 0.395. The number of aromatic nitrogens is 2. The van der Waals surface area contributed by atoms with Gasteiger partial charge in [0.05, 0.1) is 0 Å². The van der Waals surface area contributed by atoms with Crippen LogP contribution in [0.3, 0.4) is 0 Å². The Morgan fingerprint density at radius 2 is 1.57 bits per heavy atom. The minimum atomic E-state index is -0.532. The van der Waals surface area contributed by atoms with Crippen LogP contribution in [0, 0.1) is 6.92 Å². The fourth-order valence-electron chi connectivity index (χ4n) is 4.23. The van der Waals surface area contributed by atoms with Crippen molar-refractivity contribution in [2.45, 2.75) is 33.0 Å². The molecule has 5 aromatic rings. The van der Waals surface area contributed by atoms with Crippen molar-refractivity contribution < 1.29 is 9.21 Å². The van der Waals surface area contributed by atoms with E-state index < -0.39 is 11.2 Å². The average Bonchev–Trinajstić information content (AvgIpc) is 3.27. The molecular weight excluding hydrogens is 442 g/mol. The Morgan fingerprint density at radius 1 is 0.857 bits per heavy atom. The summed E-state index contributed by atoms with van der Waals surface area (Å²) < 4.78 is 8.37. The number of amides is 1. The molecular formula is C28H25N3O4. The summed E-state index contributed by atoms with van der Waals surface area (Å²) in [7, 11) is 0. The van der Waals surface area contributed by atoms with Gasteiger partial charge in [0.1, 0.15) is 17.6 Å². The standard InChI is InChI=1S/C28H25N3O4/c1-19-11-13-21(14-12-19)17-29-24(32)18-31-25-22-9-5-6-10-23(22)35-26(25)27(33)30(28(31)34)16-15-20-7-3-2-4-8-20/h2-14H,15-18H2,1H3,(H,29,32). The third kappa shape index (κ3) is 4.53. The maximum atomic E-state index is 13.5. The Kier molecular flexibility index (Phi) is 6.06. The van der Waals surface area contributed by atoms with Gasteiger partial charge in [-0.15, -0.1) is 0 Å². The van der Waals surface area contributed by atoms with Crippen LogP contribution >= 0.6 is 0 Å². The Morgan fingerprint density at radius 3 is 2.34 bits per heavy atom. The summed E-state index contributed by atoms with van der Waals surface area (Å²) in [5.41, 5.74) is 2.99. The molecule has 0 radical (unpaired) electrons. The zero-order chi connectivity index (χ0) is 24.4. The lowest BCUT2D eigenvalue weighted by Gasteiger charge is -2.12. The van der Waals surface area contributed by atoms with Crippen LogP contribution in [0.4, 0.5) is 0 Å². The van der Waals surface area contributed by atoms with Crippen molar-refractivity contribution in [3.8, 4) is 0 Å². The van der Waals surface area contributed by atoms with E-state index in [1.165, 1.54) is 4.57 Å². The third-order valence-electron chi connectivity index (χ3n) is 6.12. The van der Waals surface area contributed by atoms with Crippen LogP contribution in [-0.2, 0) is 30.8 Å². The van der Waals surface area contributed by atoms with E-state index in [0.29, 0.717) is 29.5 Å². The second-order valence-electron chi connectivity index (χ2n) is 8.60. The van der Waals surface area contributed by atoms with Gasteiger partial charge in [-0.1, -0.05) is 72.3 Å². The summed E-state index contributed by atoms with van der Waals surface area (Å²) in [5, 5.41) is 3.50. The second-order valence-corrected chi connectivity index (χ2v) is 8.60. The second kappa shape index (κ2) is 9.46. The molecule has 5 rings (SSSR count). The van der Waals surface area contributed by atoms with E-state index in [4.69, 9.17) is 4.42 Å². The number of carbonyl (C=O) groups is 1. The molecule has 2 heterocycles. The van der Waals surface area contributed by atoms with Crippen LogP contribution in [0.25, 0.3) is 22.1 Å². The van der Waals surface area contributed by atoms with E-state index in [0.717, 1.165) is 21.3 Å². The van der Waals surface area contributed by atoms with Gasteiger partial charge in [0, 0.05) is 18.5 Å². The molecule has 0 spiro atoms. The van der Waals surface area contributed by atoms with Crippen molar-refractivity contribution in [1.29, 1.82) is 0 Å².